The van der Waals surface area contributed by atoms with E-state index in [1.54, 1.807) is 12.1 Å². The highest BCUT2D eigenvalue weighted by molar-refractivity contribution is 5.94. The number of carbonyl (C=O) groups excluding carboxylic acids is 4. The second-order valence-corrected chi connectivity index (χ2v) is 9.90. The van der Waals surface area contributed by atoms with E-state index in [2.05, 4.69) is 25.9 Å². The van der Waals surface area contributed by atoms with Crippen LogP contribution in [0.5, 0.6) is 5.75 Å². The third kappa shape index (κ3) is 15.2. The molecule has 0 saturated carbocycles. The van der Waals surface area contributed by atoms with E-state index in [-0.39, 0.29) is 69.3 Å². The van der Waals surface area contributed by atoms with E-state index in [0.717, 1.165) is 0 Å². The van der Waals surface area contributed by atoms with Gasteiger partial charge in [-0.1, -0.05) is 12.1 Å². The van der Waals surface area contributed by atoms with E-state index >= 15 is 0 Å². The maximum atomic E-state index is 13.5. The zero-order valence-corrected chi connectivity index (χ0v) is 24.3. The van der Waals surface area contributed by atoms with Crippen molar-refractivity contribution >= 4 is 41.5 Å². The summed E-state index contributed by atoms with van der Waals surface area (Å²) in [6.07, 6.45) is 0.175. The van der Waals surface area contributed by atoms with Crippen molar-refractivity contribution in [1.82, 2.24) is 16.0 Å². The molecule has 0 saturated heterocycles. The summed E-state index contributed by atoms with van der Waals surface area (Å²) >= 11 is 0. The summed E-state index contributed by atoms with van der Waals surface area (Å²) in [6, 6.07) is 0.919. The largest absolute Gasteiger partial charge is 0.508 e. The van der Waals surface area contributed by atoms with Crippen LogP contribution in [0.1, 0.15) is 44.1 Å². The fourth-order valence-electron chi connectivity index (χ4n) is 3.87. The molecule has 0 aliphatic rings. The quantitative estimate of drug-likeness (QED) is 0.0379. The summed E-state index contributed by atoms with van der Waals surface area (Å²) in [5, 5.41) is 26.6. The van der Waals surface area contributed by atoms with Crippen LogP contribution in [-0.4, -0.2) is 89.0 Å². The van der Waals surface area contributed by atoms with E-state index in [4.69, 9.17) is 34.4 Å². The van der Waals surface area contributed by atoms with Gasteiger partial charge in [-0.3, -0.25) is 29.2 Å². The van der Waals surface area contributed by atoms with Gasteiger partial charge in [0.05, 0.1) is 6.04 Å². The van der Waals surface area contributed by atoms with Gasteiger partial charge in [0.25, 0.3) is 0 Å². The number of nitrogens with one attached hydrogen (secondary N) is 3. The van der Waals surface area contributed by atoms with Gasteiger partial charge in [-0.15, -0.1) is 0 Å². The van der Waals surface area contributed by atoms with Gasteiger partial charge < -0.3 is 60.6 Å². The Balaban J connectivity index is 3.17. The van der Waals surface area contributed by atoms with E-state index < -0.39 is 53.8 Å². The summed E-state index contributed by atoms with van der Waals surface area (Å²) in [5.74, 6) is -4.74. The zero-order chi connectivity index (χ0) is 33.2. The van der Waals surface area contributed by atoms with Gasteiger partial charge in [0.15, 0.2) is 11.9 Å². The third-order valence-electron chi connectivity index (χ3n) is 6.19. The molecular weight excluding hydrogens is 578 g/mol. The number of hydrogen-bond acceptors (Lipinski definition) is 9. The molecule has 0 bridgehead atoms. The molecule has 0 spiro atoms. The Kier molecular flexibility index (Phi) is 16.0. The highest BCUT2D eigenvalue weighted by Crippen LogP contribution is 2.12. The lowest BCUT2D eigenvalue weighted by Gasteiger charge is -2.25. The van der Waals surface area contributed by atoms with Gasteiger partial charge in [-0.05, 0) is 49.8 Å². The predicted molar refractivity (Wildman–Crippen MR) is 161 cm³/mol. The highest BCUT2D eigenvalue weighted by Gasteiger charge is 2.30. The molecule has 0 heterocycles. The van der Waals surface area contributed by atoms with E-state index in [1.165, 1.54) is 12.1 Å². The molecule has 18 nitrogen and oxygen atoms in total. The van der Waals surface area contributed by atoms with Crippen LogP contribution in [0.3, 0.4) is 0 Å². The first-order valence-electron chi connectivity index (χ1n) is 13.8. The number of carbonyl (C=O) groups is 5. The number of aliphatic imine (C=N–C) groups is 2. The molecule has 1 aromatic rings. The van der Waals surface area contributed by atoms with Crippen molar-refractivity contribution in [2.75, 3.05) is 13.1 Å². The third-order valence-corrected chi connectivity index (χ3v) is 6.19. The number of aliphatic carboxylic acids is 1. The van der Waals surface area contributed by atoms with Gasteiger partial charge in [-0.25, -0.2) is 4.79 Å². The van der Waals surface area contributed by atoms with Crippen LogP contribution in [0.2, 0.25) is 0 Å². The number of guanidine groups is 2. The number of benzene rings is 1. The minimum Gasteiger partial charge on any atom is -0.508 e. The number of amides is 4. The predicted octanol–water partition coefficient (Wildman–Crippen LogP) is -3.83. The first kappa shape index (κ1) is 36.9. The van der Waals surface area contributed by atoms with Crippen molar-refractivity contribution in [3.05, 3.63) is 29.8 Å². The van der Waals surface area contributed by atoms with Crippen LogP contribution in [0, 0.1) is 0 Å². The number of carboxylic acids is 1. The molecule has 18 heteroatoms. The molecule has 244 valence electrons. The van der Waals surface area contributed by atoms with Crippen molar-refractivity contribution in [2.24, 2.45) is 44.4 Å². The van der Waals surface area contributed by atoms with Crippen molar-refractivity contribution in [3.63, 3.8) is 0 Å². The fourth-order valence-corrected chi connectivity index (χ4v) is 3.87. The van der Waals surface area contributed by atoms with E-state index in [9.17, 15) is 34.2 Å². The normalized spacial score (nSPS) is 13.3. The monoisotopic (exact) mass is 621 g/mol. The van der Waals surface area contributed by atoms with Crippen molar-refractivity contribution in [2.45, 2.75) is 69.1 Å². The second kappa shape index (κ2) is 19.1. The summed E-state index contributed by atoms with van der Waals surface area (Å²) < 4.78 is 0. The minimum atomic E-state index is -1.46. The van der Waals surface area contributed by atoms with Gasteiger partial charge in [0.1, 0.15) is 23.9 Å². The molecule has 1 rings (SSSR count). The van der Waals surface area contributed by atoms with Gasteiger partial charge in [0, 0.05) is 25.9 Å². The summed E-state index contributed by atoms with van der Waals surface area (Å²) in [5.41, 5.74) is 33.0. The molecule has 0 aliphatic carbocycles. The number of primary amides is 1. The maximum Gasteiger partial charge on any atom is 0.326 e. The Hall–Kier alpha value is -5.13. The number of phenols is 1. The second-order valence-electron chi connectivity index (χ2n) is 9.90. The van der Waals surface area contributed by atoms with Crippen LogP contribution in [0.15, 0.2) is 34.3 Å². The molecule has 17 N–H and O–H groups in total. The Bertz CT molecular complexity index is 1180. The average Bonchev–Trinajstić information content (AvgIpc) is 2.94. The highest BCUT2D eigenvalue weighted by atomic mass is 16.4. The summed E-state index contributed by atoms with van der Waals surface area (Å²) in [7, 11) is 0. The summed E-state index contributed by atoms with van der Waals surface area (Å²) in [6.45, 7) is 0.350. The standard InChI is InChI=1S/C26H43N11O7/c27-16(3-1-11-33-25(29)30)21(40)37-19(13-14-5-7-15(38)8-6-14)23(42)35-17(4-2-12-34-26(31)32)22(41)36-18(24(43)44)9-10-20(28)39/h5-8,16-19,38H,1-4,9-13,27H2,(H2,28,39)(H,35,42)(H,36,41)(H,37,40)(H,43,44)(H4,29,30,33)(H4,31,32,34). The van der Waals surface area contributed by atoms with Crippen molar-refractivity contribution in [3.8, 4) is 5.75 Å². The van der Waals surface area contributed by atoms with Crippen LogP contribution >= 0.6 is 0 Å². The molecule has 0 fully saturated rings. The number of aromatic hydroxyl groups is 1. The molecular formula is C26H43N11O7. The average molecular weight is 622 g/mol. The van der Waals surface area contributed by atoms with Crippen molar-refractivity contribution < 1.29 is 34.2 Å². The zero-order valence-electron chi connectivity index (χ0n) is 24.3. The van der Waals surface area contributed by atoms with E-state index in [0.29, 0.717) is 12.0 Å². The lowest BCUT2D eigenvalue weighted by atomic mass is 10.0. The molecule has 4 amide bonds. The molecule has 1 aromatic carbocycles. The molecule has 0 aromatic heterocycles. The van der Waals surface area contributed by atoms with E-state index in [1.807, 2.05) is 0 Å². The van der Waals surface area contributed by atoms with Crippen LogP contribution in [0.4, 0.5) is 0 Å². The number of nitrogens with two attached hydrogens (primary N) is 6. The van der Waals surface area contributed by atoms with Crippen molar-refractivity contribution in [1.29, 1.82) is 0 Å². The molecule has 44 heavy (non-hydrogen) atoms. The Morgan fingerprint density at radius 3 is 1.73 bits per heavy atom. The molecule has 4 unspecified atom stereocenters. The molecule has 4 atom stereocenters. The first-order chi connectivity index (χ1) is 20.7. The Morgan fingerprint density at radius 1 is 0.705 bits per heavy atom. The number of rotatable bonds is 20. The number of nitrogens with zero attached hydrogens (tertiary/aromatic N) is 2. The molecule has 0 radical (unpaired) electrons. The van der Waals surface area contributed by atoms with Gasteiger partial charge >= 0.3 is 5.97 Å². The fraction of sp³-hybridized carbons (Fsp3) is 0.500. The SMILES string of the molecule is NC(=O)CCC(NC(=O)C(CCCN=C(N)N)NC(=O)C(Cc1ccc(O)cc1)NC(=O)C(N)CCCN=C(N)N)C(=O)O. The van der Waals surface area contributed by atoms with Gasteiger partial charge in [-0.2, -0.15) is 0 Å². The summed E-state index contributed by atoms with van der Waals surface area (Å²) in [4.78, 5) is 70.1. The number of carboxylic acid groups (broad SMARTS) is 1. The van der Waals surface area contributed by atoms with Gasteiger partial charge in [0.2, 0.25) is 23.6 Å². The van der Waals surface area contributed by atoms with Crippen LogP contribution in [-0.2, 0) is 30.4 Å². The lowest BCUT2D eigenvalue weighted by molar-refractivity contribution is -0.142. The molecule has 0 aliphatic heterocycles. The van der Waals surface area contributed by atoms with Crippen LogP contribution < -0.4 is 50.4 Å². The lowest BCUT2D eigenvalue weighted by Crippen LogP contribution is -2.57. The van der Waals surface area contributed by atoms with Crippen LogP contribution in [0.25, 0.3) is 0 Å². The minimum absolute atomic E-state index is 0.0107. The first-order valence-corrected chi connectivity index (χ1v) is 13.8. The topological polar surface area (TPSA) is 343 Å². The maximum absolute atomic E-state index is 13.5. The smallest absolute Gasteiger partial charge is 0.326 e. The number of hydrogen-bond donors (Lipinski definition) is 11. The Labute approximate surface area is 254 Å². The Morgan fingerprint density at radius 2 is 1.20 bits per heavy atom. The number of phenolic OH excluding ortho intramolecular Hbond substituents is 1.